The van der Waals surface area contributed by atoms with E-state index in [1.54, 1.807) is 18.2 Å². The van der Waals surface area contributed by atoms with Gasteiger partial charge in [0.2, 0.25) is 0 Å². The summed E-state index contributed by atoms with van der Waals surface area (Å²) < 4.78 is 5.67. The highest BCUT2D eigenvalue weighted by molar-refractivity contribution is 5.30. The van der Waals surface area contributed by atoms with Crippen LogP contribution in [0.15, 0.2) is 54.6 Å². The summed E-state index contributed by atoms with van der Waals surface area (Å²) in [5.74, 6) is 0.648. The lowest BCUT2D eigenvalue weighted by Crippen LogP contribution is -2.27. The van der Waals surface area contributed by atoms with Crippen LogP contribution in [0.2, 0.25) is 0 Å². The molecule has 106 valence electrons. The Hall–Kier alpha value is -1.88. The Morgan fingerprint density at radius 3 is 2.45 bits per heavy atom. The van der Waals surface area contributed by atoms with Gasteiger partial charge < -0.3 is 20.7 Å². The Labute approximate surface area is 118 Å². The molecular weight excluding hydrogens is 254 g/mol. The van der Waals surface area contributed by atoms with E-state index in [2.05, 4.69) is 0 Å². The van der Waals surface area contributed by atoms with Gasteiger partial charge in [-0.15, -0.1) is 0 Å². The van der Waals surface area contributed by atoms with Crippen LogP contribution in [-0.2, 0) is 6.61 Å². The zero-order chi connectivity index (χ0) is 14.4. The molecule has 4 N–H and O–H groups in total. The summed E-state index contributed by atoms with van der Waals surface area (Å²) in [6, 6.07) is 16.9. The SMILES string of the molecule is NCC(O)C(O)c1cccc(OCc2ccccc2)c1. The topological polar surface area (TPSA) is 75.7 Å². The highest BCUT2D eigenvalue weighted by atomic mass is 16.5. The third kappa shape index (κ3) is 3.81. The van der Waals surface area contributed by atoms with Crippen molar-refractivity contribution >= 4 is 0 Å². The van der Waals surface area contributed by atoms with E-state index < -0.39 is 12.2 Å². The molecule has 2 rings (SSSR count). The predicted octanol–water partition coefficient (Wildman–Crippen LogP) is 1.62. The first-order valence-electron chi connectivity index (χ1n) is 6.53. The maximum atomic E-state index is 9.91. The van der Waals surface area contributed by atoms with Crippen LogP contribution < -0.4 is 10.5 Å². The Bertz CT molecular complexity index is 530. The zero-order valence-electron chi connectivity index (χ0n) is 11.1. The number of hydrogen-bond donors (Lipinski definition) is 3. The van der Waals surface area contributed by atoms with Crippen LogP contribution in [-0.4, -0.2) is 22.9 Å². The average molecular weight is 273 g/mol. The maximum Gasteiger partial charge on any atom is 0.120 e. The van der Waals surface area contributed by atoms with Gasteiger partial charge in [-0.1, -0.05) is 42.5 Å². The summed E-state index contributed by atoms with van der Waals surface area (Å²) in [5.41, 5.74) is 7.00. The van der Waals surface area contributed by atoms with Crippen molar-refractivity contribution in [3.63, 3.8) is 0 Å². The number of benzene rings is 2. The van der Waals surface area contributed by atoms with E-state index >= 15 is 0 Å². The van der Waals surface area contributed by atoms with Crippen molar-refractivity contribution in [3.8, 4) is 5.75 Å². The Morgan fingerprint density at radius 1 is 1.00 bits per heavy atom. The predicted molar refractivity (Wildman–Crippen MR) is 77.2 cm³/mol. The molecule has 0 amide bonds. The minimum atomic E-state index is -1.000. The highest BCUT2D eigenvalue weighted by Gasteiger charge is 2.17. The minimum Gasteiger partial charge on any atom is -0.489 e. The van der Waals surface area contributed by atoms with E-state index in [1.165, 1.54) is 0 Å². The van der Waals surface area contributed by atoms with Gasteiger partial charge in [-0.2, -0.15) is 0 Å². The molecule has 0 aliphatic carbocycles. The maximum absolute atomic E-state index is 9.91. The van der Waals surface area contributed by atoms with Gasteiger partial charge >= 0.3 is 0 Å². The van der Waals surface area contributed by atoms with Crippen molar-refractivity contribution in [1.82, 2.24) is 0 Å². The Kier molecular flexibility index (Phi) is 5.12. The Morgan fingerprint density at radius 2 is 1.75 bits per heavy atom. The fraction of sp³-hybridized carbons (Fsp3) is 0.250. The van der Waals surface area contributed by atoms with E-state index in [4.69, 9.17) is 10.5 Å². The zero-order valence-corrected chi connectivity index (χ0v) is 11.1. The van der Waals surface area contributed by atoms with E-state index in [-0.39, 0.29) is 6.54 Å². The molecule has 0 bridgehead atoms. The van der Waals surface area contributed by atoms with Crippen LogP contribution in [0.5, 0.6) is 5.75 Å². The summed E-state index contributed by atoms with van der Waals surface area (Å²) in [7, 11) is 0. The van der Waals surface area contributed by atoms with Gasteiger partial charge in [0.1, 0.15) is 18.5 Å². The highest BCUT2D eigenvalue weighted by Crippen LogP contribution is 2.22. The largest absolute Gasteiger partial charge is 0.489 e. The molecule has 0 radical (unpaired) electrons. The van der Waals surface area contributed by atoms with E-state index in [0.29, 0.717) is 17.9 Å². The normalized spacial score (nSPS) is 13.8. The van der Waals surface area contributed by atoms with Gasteiger partial charge in [0.25, 0.3) is 0 Å². The molecule has 2 aromatic carbocycles. The molecule has 4 heteroatoms. The van der Waals surface area contributed by atoms with Crippen molar-refractivity contribution in [2.24, 2.45) is 5.73 Å². The summed E-state index contributed by atoms with van der Waals surface area (Å²) in [5, 5.41) is 19.5. The molecule has 0 heterocycles. The van der Waals surface area contributed by atoms with E-state index in [1.807, 2.05) is 36.4 Å². The van der Waals surface area contributed by atoms with Crippen LogP contribution in [0.3, 0.4) is 0 Å². The van der Waals surface area contributed by atoms with Crippen molar-refractivity contribution in [2.75, 3.05) is 6.54 Å². The third-order valence-corrected chi connectivity index (χ3v) is 3.05. The number of rotatable bonds is 6. The fourth-order valence-electron chi connectivity index (χ4n) is 1.88. The molecule has 0 aliphatic rings. The van der Waals surface area contributed by atoms with Gasteiger partial charge in [0.15, 0.2) is 0 Å². The summed E-state index contributed by atoms with van der Waals surface area (Å²) in [4.78, 5) is 0. The van der Waals surface area contributed by atoms with Crippen molar-refractivity contribution in [1.29, 1.82) is 0 Å². The lowest BCUT2D eigenvalue weighted by atomic mass is 10.0. The first-order chi connectivity index (χ1) is 9.70. The van der Waals surface area contributed by atoms with Crippen molar-refractivity contribution in [3.05, 3.63) is 65.7 Å². The minimum absolute atomic E-state index is 0.0102. The molecule has 0 aliphatic heterocycles. The second-order valence-corrected chi connectivity index (χ2v) is 4.59. The van der Waals surface area contributed by atoms with Gasteiger partial charge in [-0.3, -0.25) is 0 Å². The fourth-order valence-corrected chi connectivity index (χ4v) is 1.88. The van der Waals surface area contributed by atoms with Crippen LogP contribution in [0.4, 0.5) is 0 Å². The number of aliphatic hydroxyl groups is 2. The molecule has 4 nitrogen and oxygen atoms in total. The quantitative estimate of drug-likeness (QED) is 0.747. The first kappa shape index (κ1) is 14.5. The van der Waals surface area contributed by atoms with Crippen molar-refractivity contribution < 1.29 is 14.9 Å². The number of hydrogen-bond acceptors (Lipinski definition) is 4. The Balaban J connectivity index is 2.03. The van der Waals surface area contributed by atoms with Crippen LogP contribution in [0.25, 0.3) is 0 Å². The second-order valence-electron chi connectivity index (χ2n) is 4.59. The van der Waals surface area contributed by atoms with Gasteiger partial charge in [0.05, 0.1) is 6.10 Å². The molecule has 0 saturated carbocycles. The monoisotopic (exact) mass is 273 g/mol. The molecule has 0 spiro atoms. The lowest BCUT2D eigenvalue weighted by Gasteiger charge is -2.17. The second kappa shape index (κ2) is 7.05. The molecule has 0 saturated heterocycles. The molecule has 2 unspecified atom stereocenters. The van der Waals surface area contributed by atoms with Crippen LogP contribution in [0, 0.1) is 0 Å². The van der Waals surface area contributed by atoms with Crippen LogP contribution in [0.1, 0.15) is 17.2 Å². The summed E-state index contributed by atoms with van der Waals surface area (Å²) in [6.45, 7) is 0.468. The first-order valence-corrected chi connectivity index (χ1v) is 6.53. The average Bonchev–Trinajstić information content (AvgIpc) is 2.52. The number of nitrogens with two attached hydrogens (primary N) is 1. The molecular formula is C16H19NO3. The number of ether oxygens (including phenoxy) is 1. The molecule has 20 heavy (non-hydrogen) atoms. The van der Waals surface area contributed by atoms with Gasteiger partial charge in [0, 0.05) is 6.54 Å². The van der Waals surface area contributed by atoms with Crippen molar-refractivity contribution in [2.45, 2.75) is 18.8 Å². The van der Waals surface area contributed by atoms with Gasteiger partial charge in [-0.05, 0) is 23.3 Å². The number of aliphatic hydroxyl groups excluding tert-OH is 2. The molecule has 0 fully saturated rings. The lowest BCUT2D eigenvalue weighted by molar-refractivity contribution is 0.0242. The molecule has 2 atom stereocenters. The van der Waals surface area contributed by atoms with Crippen LogP contribution >= 0.6 is 0 Å². The molecule has 0 aromatic heterocycles. The summed E-state index contributed by atoms with van der Waals surface area (Å²) >= 11 is 0. The molecule has 2 aromatic rings. The van der Waals surface area contributed by atoms with E-state index in [0.717, 1.165) is 5.56 Å². The third-order valence-electron chi connectivity index (χ3n) is 3.05. The summed E-state index contributed by atoms with van der Waals surface area (Å²) in [6.07, 6.45) is -1.97. The van der Waals surface area contributed by atoms with E-state index in [9.17, 15) is 10.2 Å². The smallest absolute Gasteiger partial charge is 0.120 e. The van der Waals surface area contributed by atoms with Gasteiger partial charge in [-0.25, -0.2) is 0 Å². The standard InChI is InChI=1S/C16H19NO3/c17-10-15(18)16(19)13-7-4-8-14(9-13)20-11-12-5-2-1-3-6-12/h1-9,15-16,18-19H,10-11,17H2.